The Morgan fingerprint density at radius 1 is 1.16 bits per heavy atom. The molecule has 0 bridgehead atoms. The fourth-order valence-corrected chi connectivity index (χ4v) is 5.34. The van der Waals surface area contributed by atoms with Crippen molar-refractivity contribution >= 4 is 5.91 Å². The molecule has 3 fully saturated rings. The Bertz CT molecular complexity index is 747. The Balaban J connectivity index is 1.29. The normalized spacial score (nSPS) is 23.5. The molecular weight excluding hydrogens is 392 g/mol. The lowest BCUT2D eigenvalue weighted by atomic mass is 9.78. The van der Waals surface area contributed by atoms with Crippen molar-refractivity contribution in [2.24, 2.45) is 11.8 Å². The molecule has 1 aliphatic carbocycles. The summed E-state index contributed by atoms with van der Waals surface area (Å²) < 4.78 is 19.6. The molecule has 1 atom stereocenters. The number of piperidine rings is 1. The molecule has 0 radical (unpaired) electrons. The number of amides is 1. The van der Waals surface area contributed by atoms with E-state index in [-0.39, 0.29) is 11.5 Å². The molecule has 4 rings (SSSR count). The number of aromatic nitrogens is 1. The first kappa shape index (κ1) is 22.8. The molecule has 1 aromatic heterocycles. The smallest absolute Gasteiger partial charge is 0.255 e. The average Bonchev–Trinajstić information content (AvgIpc) is 3.55. The van der Waals surface area contributed by atoms with Crippen molar-refractivity contribution in [3.8, 4) is 0 Å². The number of ether oxygens (including phenoxy) is 3. The average molecular weight is 433 g/mol. The van der Waals surface area contributed by atoms with Crippen molar-refractivity contribution in [2.45, 2.75) is 70.9 Å². The van der Waals surface area contributed by atoms with E-state index in [0.29, 0.717) is 12.5 Å². The summed E-state index contributed by atoms with van der Waals surface area (Å²) in [6.07, 6.45) is 8.01. The summed E-state index contributed by atoms with van der Waals surface area (Å²) in [5.41, 5.74) is 2.96. The van der Waals surface area contributed by atoms with Crippen molar-refractivity contribution in [3.05, 3.63) is 23.0 Å². The lowest BCUT2D eigenvalue weighted by Crippen LogP contribution is -2.51. The zero-order valence-corrected chi connectivity index (χ0v) is 19.7. The van der Waals surface area contributed by atoms with Crippen LogP contribution in [-0.4, -0.2) is 67.6 Å². The van der Waals surface area contributed by atoms with Gasteiger partial charge in [0.15, 0.2) is 0 Å². The largest absolute Gasteiger partial charge is 0.383 e. The number of likely N-dealkylation sites (tertiary alicyclic amines) is 1. The molecule has 0 N–H and O–H groups in total. The summed E-state index contributed by atoms with van der Waals surface area (Å²) >= 11 is 0. The molecule has 6 nitrogen and oxygen atoms in total. The van der Waals surface area contributed by atoms with Crippen molar-refractivity contribution < 1.29 is 19.0 Å². The number of rotatable bonds is 9. The molecule has 1 amide bonds. The zero-order valence-electron chi connectivity index (χ0n) is 19.7. The number of nitrogens with zero attached hydrogens (tertiary/aromatic N) is 2. The third kappa shape index (κ3) is 5.52. The molecule has 2 saturated heterocycles. The van der Waals surface area contributed by atoms with Gasteiger partial charge in [-0.15, -0.1) is 0 Å². The van der Waals surface area contributed by atoms with Gasteiger partial charge in [-0.1, -0.05) is 0 Å². The Morgan fingerprint density at radius 3 is 2.65 bits per heavy atom. The minimum Gasteiger partial charge on any atom is -0.383 e. The number of hydrogen-bond acceptors (Lipinski definition) is 4. The van der Waals surface area contributed by atoms with Gasteiger partial charge in [0, 0.05) is 58.0 Å². The van der Waals surface area contributed by atoms with Gasteiger partial charge in [0.25, 0.3) is 5.91 Å². The molecule has 31 heavy (non-hydrogen) atoms. The van der Waals surface area contributed by atoms with Crippen LogP contribution in [0.25, 0.3) is 0 Å². The lowest BCUT2D eigenvalue weighted by Gasteiger charge is -2.46. The Kier molecular flexibility index (Phi) is 7.40. The van der Waals surface area contributed by atoms with E-state index >= 15 is 0 Å². The predicted molar refractivity (Wildman–Crippen MR) is 120 cm³/mol. The van der Waals surface area contributed by atoms with Gasteiger partial charge in [-0.05, 0) is 76.7 Å². The number of carbonyl (C=O) groups is 1. The molecule has 2 aliphatic heterocycles. The molecule has 174 valence electrons. The van der Waals surface area contributed by atoms with Gasteiger partial charge in [0.05, 0.1) is 17.8 Å². The minimum atomic E-state index is -0.0362. The summed E-state index contributed by atoms with van der Waals surface area (Å²) in [6, 6.07) is 2.03. The molecule has 1 unspecified atom stereocenters. The molecule has 1 aromatic rings. The van der Waals surface area contributed by atoms with Gasteiger partial charge in [-0.2, -0.15) is 0 Å². The van der Waals surface area contributed by atoms with Crippen LogP contribution in [0.4, 0.5) is 0 Å². The first-order chi connectivity index (χ1) is 15.0. The SMILES string of the molecule is COCCn1c(C)cc(C(=O)N2CCC3(CC2)CC(CCOCC2CC2)CCO3)c1C. The van der Waals surface area contributed by atoms with Crippen molar-refractivity contribution in [1.82, 2.24) is 9.47 Å². The quantitative estimate of drug-likeness (QED) is 0.554. The maximum Gasteiger partial charge on any atom is 0.255 e. The van der Waals surface area contributed by atoms with Gasteiger partial charge in [-0.25, -0.2) is 0 Å². The summed E-state index contributed by atoms with van der Waals surface area (Å²) in [4.78, 5) is 15.3. The van der Waals surface area contributed by atoms with Crippen molar-refractivity contribution in [1.29, 1.82) is 0 Å². The van der Waals surface area contributed by atoms with Gasteiger partial charge in [0.2, 0.25) is 0 Å². The van der Waals surface area contributed by atoms with E-state index in [1.807, 2.05) is 17.9 Å². The van der Waals surface area contributed by atoms with Crippen LogP contribution in [0.3, 0.4) is 0 Å². The molecule has 1 spiro atoms. The van der Waals surface area contributed by atoms with Gasteiger partial charge >= 0.3 is 0 Å². The van der Waals surface area contributed by atoms with Crippen LogP contribution in [-0.2, 0) is 20.8 Å². The summed E-state index contributed by atoms with van der Waals surface area (Å²) in [5.74, 6) is 1.69. The van der Waals surface area contributed by atoms with E-state index < -0.39 is 0 Å². The maximum atomic E-state index is 13.3. The Morgan fingerprint density at radius 2 is 1.94 bits per heavy atom. The highest BCUT2D eigenvalue weighted by Gasteiger charge is 2.41. The second kappa shape index (κ2) is 10.1. The van der Waals surface area contributed by atoms with Crippen molar-refractivity contribution in [3.63, 3.8) is 0 Å². The third-order valence-corrected chi connectivity index (χ3v) is 7.60. The highest BCUT2D eigenvalue weighted by atomic mass is 16.5. The van der Waals surface area contributed by atoms with Gasteiger partial charge in [-0.3, -0.25) is 4.79 Å². The molecule has 1 saturated carbocycles. The highest BCUT2D eigenvalue weighted by molar-refractivity contribution is 5.95. The summed E-state index contributed by atoms with van der Waals surface area (Å²) in [7, 11) is 1.71. The fourth-order valence-electron chi connectivity index (χ4n) is 5.34. The number of carbonyl (C=O) groups excluding carboxylic acids is 1. The number of aryl methyl sites for hydroxylation is 1. The van der Waals surface area contributed by atoms with E-state index in [9.17, 15) is 4.79 Å². The summed E-state index contributed by atoms with van der Waals surface area (Å²) in [5, 5.41) is 0. The monoisotopic (exact) mass is 432 g/mol. The fraction of sp³-hybridized carbons (Fsp3) is 0.800. The van der Waals surface area contributed by atoms with Gasteiger partial charge < -0.3 is 23.7 Å². The van der Waals surface area contributed by atoms with E-state index in [1.54, 1.807) is 7.11 Å². The van der Waals surface area contributed by atoms with E-state index in [2.05, 4.69) is 11.5 Å². The predicted octanol–water partition coefficient (Wildman–Crippen LogP) is 3.97. The van der Waals surface area contributed by atoms with E-state index in [4.69, 9.17) is 14.2 Å². The number of hydrogen-bond donors (Lipinski definition) is 0. The second-order valence-corrected chi connectivity index (χ2v) is 9.92. The lowest BCUT2D eigenvalue weighted by molar-refractivity contribution is -0.126. The van der Waals surface area contributed by atoms with Crippen LogP contribution in [0.2, 0.25) is 0 Å². The molecule has 3 heterocycles. The van der Waals surface area contributed by atoms with Gasteiger partial charge in [0.1, 0.15) is 0 Å². The maximum absolute atomic E-state index is 13.3. The number of methoxy groups -OCH3 is 1. The molecule has 0 aromatic carbocycles. The Labute approximate surface area is 187 Å². The molecular formula is C25H40N2O4. The molecule has 6 heteroatoms. The molecule has 3 aliphatic rings. The van der Waals surface area contributed by atoms with Crippen LogP contribution < -0.4 is 0 Å². The van der Waals surface area contributed by atoms with Crippen molar-refractivity contribution in [2.75, 3.05) is 46.6 Å². The van der Waals surface area contributed by atoms with Crippen LogP contribution in [0.15, 0.2) is 6.07 Å². The van der Waals surface area contributed by atoms with Crippen LogP contribution in [0.1, 0.15) is 66.7 Å². The first-order valence-corrected chi connectivity index (χ1v) is 12.2. The van der Waals surface area contributed by atoms with Crippen LogP contribution in [0.5, 0.6) is 0 Å². The summed E-state index contributed by atoms with van der Waals surface area (Å²) in [6.45, 7) is 9.80. The minimum absolute atomic E-state index is 0.0362. The van der Waals surface area contributed by atoms with E-state index in [0.717, 1.165) is 94.4 Å². The second-order valence-electron chi connectivity index (χ2n) is 9.92. The standard InChI is InChI=1S/C25H40N2O4/c1-19-16-23(20(2)27(19)12-15-29-3)24(28)26-10-8-25(9-11-26)17-21(7-14-31-25)6-13-30-18-22-4-5-22/h16,21-22H,4-15,17-18H2,1-3H3. The Hall–Kier alpha value is -1.37. The first-order valence-electron chi connectivity index (χ1n) is 12.2. The van der Waals surface area contributed by atoms with Crippen LogP contribution >= 0.6 is 0 Å². The zero-order chi connectivity index (χ0) is 21.8. The third-order valence-electron chi connectivity index (χ3n) is 7.60. The van der Waals surface area contributed by atoms with Crippen LogP contribution in [0, 0.1) is 25.7 Å². The topological polar surface area (TPSA) is 52.9 Å². The highest BCUT2D eigenvalue weighted by Crippen LogP contribution is 2.39. The van der Waals surface area contributed by atoms with E-state index in [1.165, 1.54) is 12.8 Å².